The van der Waals surface area contributed by atoms with E-state index in [2.05, 4.69) is 5.32 Å². The first-order chi connectivity index (χ1) is 8.06. The topological polar surface area (TPSA) is 72.2 Å². The van der Waals surface area contributed by atoms with E-state index in [1.54, 1.807) is 0 Å². The minimum Gasteiger partial charge on any atom is -0.373 e. The highest BCUT2D eigenvalue weighted by molar-refractivity contribution is 7.82. The van der Waals surface area contributed by atoms with Gasteiger partial charge in [-0.2, -0.15) is 0 Å². The molecule has 0 amide bonds. The minimum absolute atomic E-state index is 0.0472. The highest BCUT2D eigenvalue weighted by atomic mass is 32.1. The number of thiocarbonyl (C=S) groups is 1. The maximum Gasteiger partial charge on any atom is 0.269 e. The number of nitrogens with zero attached hydrogens (tertiary/aromatic N) is 1. The summed E-state index contributed by atoms with van der Waals surface area (Å²) in [4.78, 5) is 21.8. The lowest BCUT2D eigenvalue weighted by Gasteiger charge is -2.05. The molecule has 0 saturated carbocycles. The molecule has 1 aromatic rings. The number of hydrogen-bond acceptors (Lipinski definition) is 4. The van der Waals surface area contributed by atoms with Crippen LogP contribution in [0.3, 0.4) is 0 Å². The van der Waals surface area contributed by atoms with E-state index in [1.165, 1.54) is 24.3 Å². The van der Waals surface area contributed by atoms with Crippen LogP contribution in [-0.4, -0.2) is 22.2 Å². The Balaban J connectivity index is 2.76. The van der Waals surface area contributed by atoms with Crippen molar-refractivity contribution in [3.8, 4) is 0 Å². The zero-order valence-electron chi connectivity index (χ0n) is 9.30. The van der Waals surface area contributed by atoms with Gasteiger partial charge in [0.1, 0.15) is 4.99 Å². The van der Waals surface area contributed by atoms with Crippen molar-refractivity contribution in [2.24, 2.45) is 0 Å². The first kappa shape index (κ1) is 13.2. The van der Waals surface area contributed by atoms with E-state index >= 15 is 0 Å². The number of non-ortho nitro benzene ring substituents is 1. The fourth-order valence-corrected chi connectivity index (χ4v) is 1.40. The summed E-state index contributed by atoms with van der Waals surface area (Å²) in [5.74, 6) is -0.316. The van der Waals surface area contributed by atoms with Crippen LogP contribution in [0.25, 0.3) is 0 Å². The summed E-state index contributed by atoms with van der Waals surface area (Å²) in [6.45, 7) is 2.60. The second-order valence-corrected chi connectivity index (χ2v) is 3.80. The van der Waals surface area contributed by atoms with E-state index in [-0.39, 0.29) is 16.5 Å². The van der Waals surface area contributed by atoms with Crippen LogP contribution in [0.1, 0.15) is 23.7 Å². The number of ketones is 1. The average molecular weight is 252 g/mol. The molecule has 0 aromatic heterocycles. The third-order valence-electron chi connectivity index (χ3n) is 2.08. The lowest BCUT2D eigenvalue weighted by molar-refractivity contribution is -0.384. The Morgan fingerprint density at radius 1 is 1.41 bits per heavy atom. The van der Waals surface area contributed by atoms with Gasteiger partial charge in [-0.1, -0.05) is 19.1 Å². The van der Waals surface area contributed by atoms with E-state index in [9.17, 15) is 14.9 Å². The molecule has 1 rings (SSSR count). The summed E-state index contributed by atoms with van der Waals surface area (Å²) in [6.07, 6.45) is 0.869. The lowest BCUT2D eigenvalue weighted by atomic mass is 10.1. The van der Waals surface area contributed by atoms with Gasteiger partial charge < -0.3 is 5.32 Å². The van der Waals surface area contributed by atoms with E-state index in [1.807, 2.05) is 6.92 Å². The molecule has 0 aliphatic carbocycles. The lowest BCUT2D eigenvalue weighted by Crippen LogP contribution is -2.29. The number of hydrogen-bond donors (Lipinski definition) is 1. The molecule has 0 atom stereocenters. The molecule has 0 bridgehead atoms. The Morgan fingerprint density at radius 2 is 2.00 bits per heavy atom. The van der Waals surface area contributed by atoms with Crippen LogP contribution >= 0.6 is 12.2 Å². The third-order valence-corrected chi connectivity index (χ3v) is 2.41. The smallest absolute Gasteiger partial charge is 0.269 e. The largest absolute Gasteiger partial charge is 0.373 e. The molecule has 0 fully saturated rings. The van der Waals surface area contributed by atoms with Crippen LogP contribution in [0, 0.1) is 10.1 Å². The Hall–Kier alpha value is -1.82. The minimum atomic E-state index is -0.512. The Morgan fingerprint density at radius 3 is 2.47 bits per heavy atom. The second-order valence-electron chi connectivity index (χ2n) is 3.39. The number of Topliss-reactive ketones (excluding diaryl/α,β-unsaturated/α-hetero) is 1. The number of nitro groups is 1. The molecule has 0 aliphatic rings. The Bertz CT molecular complexity index is 443. The molecule has 1 N–H and O–H groups in total. The fraction of sp³-hybridized carbons (Fsp3) is 0.273. The summed E-state index contributed by atoms with van der Waals surface area (Å²) >= 11 is 4.91. The molecule has 6 heteroatoms. The number of nitro benzene ring substituents is 1. The van der Waals surface area contributed by atoms with Crippen molar-refractivity contribution in [1.82, 2.24) is 5.32 Å². The first-order valence-electron chi connectivity index (χ1n) is 5.13. The maximum atomic E-state index is 11.8. The molecule has 0 unspecified atom stereocenters. The van der Waals surface area contributed by atoms with Crippen molar-refractivity contribution in [2.45, 2.75) is 13.3 Å². The fourth-order valence-electron chi connectivity index (χ4n) is 1.18. The summed E-state index contributed by atoms with van der Waals surface area (Å²) in [5, 5.41) is 13.3. The monoisotopic (exact) mass is 252 g/mol. The van der Waals surface area contributed by atoms with Crippen molar-refractivity contribution in [2.75, 3.05) is 6.54 Å². The van der Waals surface area contributed by atoms with E-state index in [4.69, 9.17) is 12.2 Å². The highest BCUT2D eigenvalue weighted by Gasteiger charge is 2.13. The molecule has 0 heterocycles. The van der Waals surface area contributed by atoms with Gasteiger partial charge in [0.05, 0.1) is 4.92 Å². The van der Waals surface area contributed by atoms with Crippen LogP contribution in [0.4, 0.5) is 5.69 Å². The zero-order valence-corrected chi connectivity index (χ0v) is 10.1. The summed E-state index contributed by atoms with van der Waals surface area (Å²) < 4.78 is 0. The van der Waals surface area contributed by atoms with Crippen LogP contribution in [-0.2, 0) is 0 Å². The normalized spacial score (nSPS) is 9.71. The number of carbonyl (C=O) groups excluding carboxylic acids is 1. The van der Waals surface area contributed by atoms with Crippen LogP contribution < -0.4 is 5.32 Å². The van der Waals surface area contributed by atoms with Gasteiger partial charge in [-0.05, 0) is 18.6 Å². The van der Waals surface area contributed by atoms with Gasteiger partial charge in [-0.25, -0.2) is 0 Å². The van der Waals surface area contributed by atoms with Crippen LogP contribution in [0.15, 0.2) is 24.3 Å². The van der Waals surface area contributed by atoms with Crippen molar-refractivity contribution in [3.63, 3.8) is 0 Å². The van der Waals surface area contributed by atoms with E-state index in [0.29, 0.717) is 12.1 Å². The number of nitrogens with one attached hydrogen (secondary N) is 1. The third kappa shape index (κ3) is 3.60. The van der Waals surface area contributed by atoms with Crippen molar-refractivity contribution < 1.29 is 9.72 Å². The van der Waals surface area contributed by atoms with Gasteiger partial charge >= 0.3 is 0 Å². The molecule has 17 heavy (non-hydrogen) atoms. The van der Waals surface area contributed by atoms with Crippen molar-refractivity contribution in [3.05, 3.63) is 39.9 Å². The Kier molecular flexibility index (Phi) is 4.71. The summed E-state index contributed by atoms with van der Waals surface area (Å²) in [6, 6.07) is 5.38. The number of benzene rings is 1. The standard InChI is InChI=1S/C11H12N2O3S/c1-2-7-12-11(17)10(14)8-3-5-9(6-4-8)13(15)16/h3-6H,2,7H2,1H3,(H,12,17). The van der Waals surface area contributed by atoms with Gasteiger partial charge in [-0.15, -0.1) is 0 Å². The van der Waals surface area contributed by atoms with Crippen molar-refractivity contribution >= 4 is 28.7 Å². The van der Waals surface area contributed by atoms with E-state index < -0.39 is 4.92 Å². The second kappa shape index (κ2) is 6.05. The predicted molar refractivity (Wildman–Crippen MR) is 68.3 cm³/mol. The molecular weight excluding hydrogens is 240 g/mol. The van der Waals surface area contributed by atoms with Gasteiger partial charge in [0, 0.05) is 24.2 Å². The molecule has 90 valence electrons. The quantitative estimate of drug-likeness (QED) is 0.376. The van der Waals surface area contributed by atoms with Crippen molar-refractivity contribution in [1.29, 1.82) is 0 Å². The molecule has 0 saturated heterocycles. The Labute approximate surface area is 104 Å². The molecule has 0 radical (unpaired) electrons. The molecule has 0 aliphatic heterocycles. The average Bonchev–Trinajstić information content (AvgIpc) is 2.35. The molecule has 0 spiro atoms. The summed E-state index contributed by atoms with van der Waals surface area (Å²) in [7, 11) is 0. The predicted octanol–water partition coefficient (Wildman–Crippen LogP) is 2.10. The van der Waals surface area contributed by atoms with E-state index in [0.717, 1.165) is 6.42 Å². The number of carbonyl (C=O) groups is 1. The maximum absolute atomic E-state index is 11.8. The zero-order chi connectivity index (χ0) is 12.8. The highest BCUT2D eigenvalue weighted by Crippen LogP contribution is 2.12. The molecular formula is C11H12N2O3S. The summed E-state index contributed by atoms with van der Waals surface area (Å²) in [5.41, 5.74) is 0.304. The van der Waals surface area contributed by atoms with Crippen LogP contribution in [0.2, 0.25) is 0 Å². The number of rotatable bonds is 5. The van der Waals surface area contributed by atoms with Crippen LogP contribution in [0.5, 0.6) is 0 Å². The SMILES string of the molecule is CCCNC(=S)C(=O)c1ccc([N+](=O)[O-])cc1. The molecule has 5 nitrogen and oxygen atoms in total. The molecule has 1 aromatic carbocycles. The van der Waals surface area contributed by atoms with Gasteiger partial charge in [0.25, 0.3) is 5.69 Å². The first-order valence-corrected chi connectivity index (χ1v) is 5.54. The van der Waals surface area contributed by atoms with Gasteiger partial charge in [0.15, 0.2) is 0 Å². The van der Waals surface area contributed by atoms with Gasteiger partial charge in [-0.3, -0.25) is 14.9 Å². The van der Waals surface area contributed by atoms with Gasteiger partial charge in [0.2, 0.25) is 5.78 Å².